The van der Waals surface area contributed by atoms with Gasteiger partial charge in [-0.2, -0.15) is 0 Å². The van der Waals surface area contributed by atoms with Crippen LogP contribution in [0.3, 0.4) is 0 Å². The number of benzene rings is 1. The first kappa shape index (κ1) is 15.4. The monoisotopic (exact) mass is 317 g/mol. The number of para-hydroxylation sites is 1. The Balaban J connectivity index is 1.74. The number of hydrogen-bond donors (Lipinski definition) is 2. The third-order valence-corrected chi connectivity index (χ3v) is 3.93. The van der Waals surface area contributed by atoms with Crippen molar-refractivity contribution in [2.24, 2.45) is 0 Å². The molecule has 1 aliphatic rings. The number of rotatable bonds is 4. The van der Waals surface area contributed by atoms with Gasteiger partial charge in [-0.1, -0.05) is 18.9 Å². The van der Waals surface area contributed by atoms with Crippen LogP contribution in [0, 0.1) is 11.6 Å². The van der Waals surface area contributed by atoms with E-state index in [1.807, 2.05) is 0 Å². The molecule has 3 rings (SSSR count). The Morgan fingerprint density at radius 3 is 2.52 bits per heavy atom. The van der Waals surface area contributed by atoms with Gasteiger partial charge in [-0.25, -0.2) is 8.78 Å². The molecule has 1 amide bonds. The quantitative estimate of drug-likeness (QED) is 0.897. The molecule has 23 heavy (non-hydrogen) atoms. The number of hydrogen-bond acceptors (Lipinski definition) is 3. The number of nitrogens with one attached hydrogen (secondary N) is 2. The topological polar surface area (TPSA) is 54.0 Å². The molecule has 4 nitrogen and oxygen atoms in total. The molecule has 0 saturated heterocycles. The van der Waals surface area contributed by atoms with Gasteiger partial charge in [0.25, 0.3) is 5.91 Å². The van der Waals surface area contributed by atoms with Crippen LogP contribution in [-0.4, -0.2) is 16.9 Å². The maximum Gasteiger partial charge on any atom is 0.257 e. The average molecular weight is 317 g/mol. The van der Waals surface area contributed by atoms with Crippen molar-refractivity contribution in [1.82, 2.24) is 4.98 Å². The summed E-state index contributed by atoms with van der Waals surface area (Å²) in [5.74, 6) is -2.23. The van der Waals surface area contributed by atoms with Gasteiger partial charge < -0.3 is 10.6 Å². The van der Waals surface area contributed by atoms with Crippen LogP contribution in [0.2, 0.25) is 0 Å². The predicted octanol–water partition coefficient (Wildman–Crippen LogP) is 3.97. The summed E-state index contributed by atoms with van der Waals surface area (Å²) in [6.07, 6.45) is 7.58. The Morgan fingerprint density at radius 1 is 1.13 bits per heavy atom. The van der Waals surface area contributed by atoms with Crippen LogP contribution in [0.4, 0.5) is 20.2 Å². The Labute approximate surface area is 132 Å². The lowest BCUT2D eigenvalue weighted by Gasteiger charge is -2.14. The smallest absolute Gasteiger partial charge is 0.257 e. The molecule has 1 aromatic carbocycles. The second-order valence-electron chi connectivity index (χ2n) is 5.64. The third-order valence-electron chi connectivity index (χ3n) is 3.93. The third kappa shape index (κ3) is 3.64. The lowest BCUT2D eigenvalue weighted by Crippen LogP contribution is -2.17. The first-order chi connectivity index (χ1) is 11.1. The summed E-state index contributed by atoms with van der Waals surface area (Å²) in [5.41, 5.74) is 0.529. The molecule has 1 saturated carbocycles. The van der Waals surface area contributed by atoms with E-state index in [1.165, 1.54) is 25.1 Å². The number of nitrogens with zero attached hydrogens (tertiary/aromatic N) is 1. The lowest BCUT2D eigenvalue weighted by atomic mass is 10.2. The van der Waals surface area contributed by atoms with Crippen molar-refractivity contribution in [1.29, 1.82) is 0 Å². The van der Waals surface area contributed by atoms with Gasteiger partial charge in [0.15, 0.2) is 0 Å². The van der Waals surface area contributed by atoms with E-state index in [4.69, 9.17) is 0 Å². The van der Waals surface area contributed by atoms with Gasteiger partial charge in [-0.05, 0) is 31.0 Å². The largest absolute Gasteiger partial charge is 0.381 e. The Morgan fingerprint density at radius 2 is 1.83 bits per heavy atom. The van der Waals surface area contributed by atoms with Crippen molar-refractivity contribution in [2.75, 3.05) is 10.6 Å². The van der Waals surface area contributed by atoms with Crippen LogP contribution < -0.4 is 10.6 Å². The molecule has 0 unspecified atom stereocenters. The van der Waals surface area contributed by atoms with Gasteiger partial charge in [-0.15, -0.1) is 0 Å². The van der Waals surface area contributed by atoms with Gasteiger partial charge in [0.05, 0.1) is 11.3 Å². The van der Waals surface area contributed by atoms with Crippen LogP contribution >= 0.6 is 0 Å². The normalized spacial score (nSPS) is 14.7. The van der Waals surface area contributed by atoms with E-state index in [1.54, 1.807) is 12.3 Å². The molecular formula is C17H17F2N3O. The summed E-state index contributed by atoms with van der Waals surface area (Å²) < 4.78 is 27.2. The van der Waals surface area contributed by atoms with E-state index < -0.39 is 23.2 Å². The van der Waals surface area contributed by atoms with E-state index >= 15 is 0 Å². The van der Waals surface area contributed by atoms with Crippen molar-refractivity contribution < 1.29 is 13.6 Å². The molecule has 1 heterocycles. The number of halogens is 2. The Hall–Kier alpha value is -2.50. The van der Waals surface area contributed by atoms with Crippen LogP contribution in [0.25, 0.3) is 0 Å². The van der Waals surface area contributed by atoms with E-state index in [0.29, 0.717) is 6.04 Å². The number of anilines is 2. The molecule has 1 aromatic heterocycles. The van der Waals surface area contributed by atoms with E-state index in [9.17, 15) is 13.6 Å². The number of pyridine rings is 1. The SMILES string of the molecule is O=C(Nc1c(F)cccc1F)c1cncc(NC2CCCC2)c1. The highest BCUT2D eigenvalue weighted by Gasteiger charge is 2.17. The summed E-state index contributed by atoms with van der Waals surface area (Å²) in [7, 11) is 0. The first-order valence-corrected chi connectivity index (χ1v) is 7.60. The molecule has 120 valence electrons. The van der Waals surface area contributed by atoms with Crippen LogP contribution in [0.1, 0.15) is 36.0 Å². The van der Waals surface area contributed by atoms with Gasteiger partial charge in [-0.3, -0.25) is 9.78 Å². The molecule has 0 atom stereocenters. The molecule has 0 spiro atoms. The maximum absolute atomic E-state index is 13.6. The van der Waals surface area contributed by atoms with Crippen molar-refractivity contribution in [3.05, 3.63) is 53.9 Å². The molecule has 0 bridgehead atoms. The average Bonchev–Trinajstić information content (AvgIpc) is 3.04. The maximum atomic E-state index is 13.6. The molecular weight excluding hydrogens is 300 g/mol. The molecule has 2 aromatic rings. The summed E-state index contributed by atoms with van der Waals surface area (Å²) >= 11 is 0. The molecule has 0 radical (unpaired) electrons. The fourth-order valence-corrected chi connectivity index (χ4v) is 2.75. The molecule has 6 heteroatoms. The minimum atomic E-state index is -0.813. The highest BCUT2D eigenvalue weighted by Crippen LogP contribution is 2.23. The zero-order chi connectivity index (χ0) is 16.2. The van der Waals surface area contributed by atoms with Crippen LogP contribution in [0.5, 0.6) is 0 Å². The lowest BCUT2D eigenvalue weighted by molar-refractivity contribution is 0.102. The number of carbonyl (C=O) groups is 1. The van der Waals surface area contributed by atoms with E-state index in [-0.39, 0.29) is 5.56 Å². The van der Waals surface area contributed by atoms with Crippen molar-refractivity contribution in [3.63, 3.8) is 0 Å². The zero-order valence-electron chi connectivity index (χ0n) is 12.5. The van der Waals surface area contributed by atoms with Gasteiger partial charge >= 0.3 is 0 Å². The standard InChI is InChI=1S/C17H17F2N3O/c18-14-6-3-7-15(19)16(14)22-17(23)11-8-13(10-20-9-11)21-12-4-1-2-5-12/h3,6-10,12,21H,1-2,4-5H2,(H,22,23). The summed E-state index contributed by atoms with van der Waals surface area (Å²) in [6.45, 7) is 0. The minimum absolute atomic E-state index is 0.246. The first-order valence-electron chi connectivity index (χ1n) is 7.60. The molecule has 2 N–H and O–H groups in total. The fourth-order valence-electron chi connectivity index (χ4n) is 2.75. The zero-order valence-corrected chi connectivity index (χ0v) is 12.5. The fraction of sp³-hybridized carbons (Fsp3) is 0.294. The molecule has 0 aliphatic heterocycles. The number of aromatic nitrogens is 1. The second kappa shape index (κ2) is 6.73. The minimum Gasteiger partial charge on any atom is -0.381 e. The Kier molecular flexibility index (Phi) is 4.50. The van der Waals surface area contributed by atoms with Gasteiger partial charge in [0, 0.05) is 18.4 Å². The highest BCUT2D eigenvalue weighted by atomic mass is 19.1. The van der Waals surface area contributed by atoms with Gasteiger partial charge in [0.2, 0.25) is 0 Å². The van der Waals surface area contributed by atoms with E-state index in [0.717, 1.165) is 30.7 Å². The van der Waals surface area contributed by atoms with Crippen molar-refractivity contribution >= 4 is 17.3 Å². The van der Waals surface area contributed by atoms with Crippen molar-refractivity contribution in [2.45, 2.75) is 31.7 Å². The van der Waals surface area contributed by atoms with Crippen molar-refractivity contribution in [3.8, 4) is 0 Å². The predicted molar refractivity (Wildman–Crippen MR) is 84.4 cm³/mol. The second-order valence-corrected chi connectivity index (χ2v) is 5.64. The molecule has 1 aliphatic carbocycles. The highest BCUT2D eigenvalue weighted by molar-refractivity contribution is 6.04. The summed E-state index contributed by atoms with van der Waals surface area (Å²) in [6, 6.07) is 5.45. The summed E-state index contributed by atoms with van der Waals surface area (Å²) in [5, 5.41) is 5.59. The van der Waals surface area contributed by atoms with Crippen LogP contribution in [-0.2, 0) is 0 Å². The number of carbonyl (C=O) groups excluding carboxylic acids is 1. The van der Waals surface area contributed by atoms with Gasteiger partial charge in [0.1, 0.15) is 17.3 Å². The summed E-state index contributed by atoms with van der Waals surface area (Å²) in [4.78, 5) is 16.2. The Bertz CT molecular complexity index is 694. The van der Waals surface area contributed by atoms with Crippen LogP contribution in [0.15, 0.2) is 36.7 Å². The van der Waals surface area contributed by atoms with E-state index in [2.05, 4.69) is 15.6 Å². The molecule has 1 fully saturated rings. The number of amides is 1.